The Morgan fingerprint density at radius 1 is 0.935 bits per heavy atom. The fourth-order valence-electron chi connectivity index (χ4n) is 2.86. The van der Waals surface area contributed by atoms with Crippen LogP contribution in [-0.4, -0.2) is 48.4 Å². The van der Waals surface area contributed by atoms with Gasteiger partial charge in [-0.15, -0.1) is 0 Å². The molecule has 0 radical (unpaired) electrons. The highest BCUT2D eigenvalue weighted by Crippen LogP contribution is 2.42. The predicted octanol–water partition coefficient (Wildman–Crippen LogP) is 4.63. The molecule has 0 saturated carbocycles. The van der Waals surface area contributed by atoms with Crippen molar-refractivity contribution in [1.82, 2.24) is 0 Å². The topological polar surface area (TPSA) is 128 Å². The van der Waals surface area contributed by atoms with Crippen molar-refractivity contribution in [3.63, 3.8) is 0 Å². The number of rotatable bonds is 22. The van der Waals surface area contributed by atoms with Crippen molar-refractivity contribution in [1.29, 1.82) is 0 Å². The Morgan fingerprint density at radius 2 is 1.52 bits per heavy atom. The fraction of sp³-hybridized carbons (Fsp3) is 0.864. The second-order valence-corrected chi connectivity index (χ2v) is 9.16. The summed E-state index contributed by atoms with van der Waals surface area (Å²) in [6, 6.07) is 0. The van der Waals surface area contributed by atoms with Gasteiger partial charge in [0.25, 0.3) is 0 Å². The van der Waals surface area contributed by atoms with E-state index in [1.807, 2.05) is 0 Å². The van der Waals surface area contributed by atoms with Crippen LogP contribution in [0.4, 0.5) is 0 Å². The molecule has 0 aromatic heterocycles. The summed E-state index contributed by atoms with van der Waals surface area (Å²) in [5, 5.41) is 9.66. The van der Waals surface area contributed by atoms with Gasteiger partial charge in [0.2, 0.25) is 0 Å². The zero-order valence-electron chi connectivity index (χ0n) is 19.2. The molecule has 0 aliphatic rings. The summed E-state index contributed by atoms with van der Waals surface area (Å²) >= 11 is 0. The van der Waals surface area contributed by atoms with Crippen LogP contribution in [0.1, 0.15) is 90.4 Å². The lowest BCUT2D eigenvalue weighted by atomic mass is 10.1. The standard InChI is InChI=1S/C22H44NO7P/c1-2-3-4-5-6-7-8-9-10-11-12-13-14-15-16-22(25)28-19-21(24)20-30-31(26,27)29-18-17-23/h8-9,21,24H,2-7,10-20,23H2,1H3,(H,26,27)/b9-8+/t21-/m1/s1. The Hall–Kier alpha value is -0.760. The third-order valence-electron chi connectivity index (χ3n) is 4.63. The van der Waals surface area contributed by atoms with E-state index < -0.39 is 26.5 Å². The van der Waals surface area contributed by atoms with Gasteiger partial charge in [-0.25, -0.2) is 4.57 Å². The zero-order valence-corrected chi connectivity index (χ0v) is 20.1. The minimum Gasteiger partial charge on any atom is -0.463 e. The summed E-state index contributed by atoms with van der Waals surface area (Å²) < 4.78 is 25.5. The number of carbonyl (C=O) groups excluding carboxylic acids is 1. The molecule has 31 heavy (non-hydrogen) atoms. The average molecular weight is 466 g/mol. The van der Waals surface area contributed by atoms with Crippen LogP contribution in [0.25, 0.3) is 0 Å². The second-order valence-electron chi connectivity index (χ2n) is 7.70. The number of phosphoric ester groups is 1. The molecule has 9 heteroatoms. The van der Waals surface area contributed by atoms with E-state index in [2.05, 4.69) is 28.1 Å². The van der Waals surface area contributed by atoms with Gasteiger partial charge < -0.3 is 20.5 Å². The Kier molecular flexibility index (Phi) is 20.6. The third-order valence-corrected chi connectivity index (χ3v) is 5.62. The number of esters is 1. The number of aliphatic hydroxyl groups excluding tert-OH is 1. The van der Waals surface area contributed by atoms with Crippen LogP contribution in [0.3, 0.4) is 0 Å². The van der Waals surface area contributed by atoms with Crippen molar-refractivity contribution in [3.8, 4) is 0 Å². The van der Waals surface area contributed by atoms with E-state index >= 15 is 0 Å². The second kappa shape index (κ2) is 21.1. The molecule has 0 saturated heterocycles. The number of hydrogen-bond acceptors (Lipinski definition) is 7. The van der Waals surface area contributed by atoms with E-state index in [0.717, 1.165) is 32.1 Å². The summed E-state index contributed by atoms with van der Waals surface area (Å²) in [5.41, 5.74) is 5.16. The maximum absolute atomic E-state index is 11.7. The van der Waals surface area contributed by atoms with Gasteiger partial charge in [0, 0.05) is 13.0 Å². The number of aliphatic hydroxyl groups is 1. The molecule has 4 N–H and O–H groups in total. The molecule has 0 spiro atoms. The van der Waals surface area contributed by atoms with Crippen LogP contribution in [-0.2, 0) is 23.1 Å². The summed E-state index contributed by atoms with van der Waals surface area (Å²) in [6.07, 6.45) is 17.7. The van der Waals surface area contributed by atoms with E-state index in [-0.39, 0.29) is 19.8 Å². The number of nitrogens with two attached hydrogens (primary N) is 1. The minimum absolute atomic E-state index is 0.0738. The Balaban J connectivity index is 3.51. The van der Waals surface area contributed by atoms with Crippen molar-refractivity contribution in [2.75, 3.05) is 26.4 Å². The Bertz CT molecular complexity index is 502. The van der Waals surface area contributed by atoms with Crippen LogP contribution in [0.15, 0.2) is 12.2 Å². The number of hydrogen-bond donors (Lipinski definition) is 3. The monoisotopic (exact) mass is 465 g/mol. The van der Waals surface area contributed by atoms with E-state index in [1.54, 1.807) is 0 Å². The largest absolute Gasteiger partial charge is 0.472 e. The molecule has 0 amide bonds. The molecular formula is C22H44NO7P. The number of carbonyl (C=O) groups is 1. The summed E-state index contributed by atoms with van der Waals surface area (Å²) in [7, 11) is -4.24. The smallest absolute Gasteiger partial charge is 0.463 e. The highest BCUT2D eigenvalue weighted by atomic mass is 31.2. The van der Waals surface area contributed by atoms with Gasteiger partial charge >= 0.3 is 13.8 Å². The highest BCUT2D eigenvalue weighted by molar-refractivity contribution is 7.47. The molecule has 0 aromatic rings. The van der Waals surface area contributed by atoms with Gasteiger partial charge in [-0.3, -0.25) is 13.8 Å². The molecule has 0 fully saturated rings. The molecule has 8 nitrogen and oxygen atoms in total. The highest BCUT2D eigenvalue weighted by Gasteiger charge is 2.22. The molecule has 0 aliphatic carbocycles. The van der Waals surface area contributed by atoms with E-state index in [4.69, 9.17) is 10.5 Å². The van der Waals surface area contributed by atoms with Crippen LogP contribution >= 0.6 is 7.82 Å². The van der Waals surface area contributed by atoms with E-state index in [1.165, 1.54) is 44.9 Å². The van der Waals surface area contributed by atoms with Crippen molar-refractivity contribution < 1.29 is 33.1 Å². The molecule has 2 atom stereocenters. The van der Waals surface area contributed by atoms with Crippen molar-refractivity contribution in [2.24, 2.45) is 5.73 Å². The van der Waals surface area contributed by atoms with Gasteiger partial charge in [-0.2, -0.15) is 0 Å². The number of allylic oxidation sites excluding steroid dienone is 2. The molecule has 0 aromatic carbocycles. The molecule has 184 valence electrons. The first-order valence-corrected chi connectivity index (χ1v) is 13.2. The van der Waals surface area contributed by atoms with Crippen LogP contribution in [0, 0.1) is 0 Å². The van der Waals surface area contributed by atoms with E-state index in [9.17, 15) is 19.4 Å². The van der Waals surface area contributed by atoms with Crippen LogP contribution < -0.4 is 5.73 Å². The fourth-order valence-corrected chi connectivity index (χ4v) is 3.63. The first-order valence-electron chi connectivity index (χ1n) is 11.7. The first kappa shape index (κ1) is 30.2. The van der Waals surface area contributed by atoms with Gasteiger partial charge in [-0.1, -0.05) is 64.0 Å². The summed E-state index contributed by atoms with van der Waals surface area (Å²) in [6.45, 7) is 1.41. The maximum Gasteiger partial charge on any atom is 0.472 e. The molecular weight excluding hydrogens is 421 g/mol. The number of ether oxygens (including phenoxy) is 1. The number of phosphoric acid groups is 1. The lowest BCUT2D eigenvalue weighted by Gasteiger charge is -2.15. The lowest BCUT2D eigenvalue weighted by Crippen LogP contribution is -2.23. The Morgan fingerprint density at radius 3 is 2.13 bits per heavy atom. The average Bonchev–Trinajstić information content (AvgIpc) is 2.75. The third kappa shape index (κ3) is 22.2. The van der Waals surface area contributed by atoms with Gasteiger partial charge in [0.15, 0.2) is 0 Å². The SMILES string of the molecule is CCCCCCC/C=C/CCCCCCCC(=O)OC[C@@H](O)COP(=O)(O)OCCN. The van der Waals surface area contributed by atoms with Gasteiger partial charge in [0.1, 0.15) is 12.7 Å². The van der Waals surface area contributed by atoms with Crippen molar-refractivity contribution in [3.05, 3.63) is 12.2 Å². The van der Waals surface area contributed by atoms with Crippen LogP contribution in [0.2, 0.25) is 0 Å². The van der Waals surface area contributed by atoms with Crippen molar-refractivity contribution in [2.45, 2.75) is 96.5 Å². The molecule has 0 rings (SSSR count). The molecule has 0 bridgehead atoms. The summed E-state index contributed by atoms with van der Waals surface area (Å²) in [4.78, 5) is 21.0. The Labute approximate surface area is 188 Å². The quantitative estimate of drug-likeness (QED) is 0.0913. The lowest BCUT2D eigenvalue weighted by molar-refractivity contribution is -0.147. The number of unbranched alkanes of at least 4 members (excludes halogenated alkanes) is 10. The zero-order chi connectivity index (χ0) is 23.2. The van der Waals surface area contributed by atoms with Gasteiger partial charge in [0.05, 0.1) is 13.2 Å². The minimum atomic E-state index is -4.24. The molecule has 0 aliphatic heterocycles. The van der Waals surface area contributed by atoms with Gasteiger partial charge in [-0.05, 0) is 32.1 Å². The van der Waals surface area contributed by atoms with E-state index in [0.29, 0.717) is 6.42 Å². The van der Waals surface area contributed by atoms with Crippen LogP contribution in [0.5, 0.6) is 0 Å². The summed E-state index contributed by atoms with van der Waals surface area (Å²) in [5.74, 6) is -0.396. The molecule has 0 heterocycles. The molecule has 1 unspecified atom stereocenters. The predicted molar refractivity (Wildman–Crippen MR) is 123 cm³/mol. The normalized spacial score (nSPS) is 14.6. The first-order chi connectivity index (χ1) is 14.9. The maximum atomic E-state index is 11.7. The van der Waals surface area contributed by atoms with Crippen molar-refractivity contribution >= 4 is 13.8 Å².